The molecular formula is C16H15N5O6. The Kier molecular flexibility index (Phi) is 4.30. The number of aromatic hydroxyl groups is 1. The number of hydrazone groups is 1. The second kappa shape index (κ2) is 6.78. The number of aromatic nitrogens is 2. The van der Waals surface area contributed by atoms with E-state index in [-0.39, 0.29) is 29.1 Å². The van der Waals surface area contributed by atoms with Gasteiger partial charge in [-0.05, 0) is 18.2 Å². The molecule has 1 aromatic heterocycles. The molecule has 2 fully saturated rings. The van der Waals surface area contributed by atoms with Gasteiger partial charge in [-0.15, -0.1) is 0 Å². The largest absolute Gasteiger partial charge is 0.508 e. The topological polar surface area (TPSA) is 141 Å². The van der Waals surface area contributed by atoms with Crippen LogP contribution in [0.1, 0.15) is 22.8 Å². The van der Waals surface area contributed by atoms with Crippen LogP contribution in [0.4, 0.5) is 5.69 Å². The Hall–Kier alpha value is -3.31. The van der Waals surface area contributed by atoms with Crippen molar-refractivity contribution in [3.63, 3.8) is 0 Å². The number of hydrogen-bond acceptors (Lipinski definition) is 8. The van der Waals surface area contributed by atoms with Gasteiger partial charge in [0.05, 0.1) is 23.3 Å². The molecule has 0 unspecified atom stereocenters. The number of benzene rings is 1. The van der Waals surface area contributed by atoms with Crippen LogP contribution in [0.15, 0.2) is 41.8 Å². The van der Waals surface area contributed by atoms with Crippen molar-refractivity contribution in [3.8, 4) is 5.75 Å². The standard InChI is InChI=1S/C16H15N5O6/c22-11-3-1-2-9(4-11)15(23)19-18-12-5-13(14-8-26-16(12)27-14)20-7-10(6-17-20)21(24)25/h1-4,6-7,13-14,16,22H,5,8H2,(H,19,23)/b18-12+/t13-,14+,16-/m1/s1. The number of phenolic OH excluding ortho intramolecular Hbond substituents is 1. The molecule has 2 saturated heterocycles. The molecule has 1 aromatic carbocycles. The summed E-state index contributed by atoms with van der Waals surface area (Å²) in [5, 5.41) is 28.4. The summed E-state index contributed by atoms with van der Waals surface area (Å²) in [6.07, 6.45) is 1.86. The highest BCUT2D eigenvalue weighted by Gasteiger charge is 2.43. The molecule has 2 aliphatic heterocycles. The van der Waals surface area contributed by atoms with E-state index in [2.05, 4.69) is 15.6 Å². The molecule has 0 saturated carbocycles. The average Bonchev–Trinajstić information content (AvgIpc) is 3.30. The summed E-state index contributed by atoms with van der Waals surface area (Å²) >= 11 is 0. The van der Waals surface area contributed by atoms with Gasteiger partial charge >= 0.3 is 5.69 Å². The summed E-state index contributed by atoms with van der Waals surface area (Å²) in [4.78, 5) is 22.5. The molecule has 2 bridgehead atoms. The normalized spacial score (nSPS) is 25.5. The first-order valence-corrected chi connectivity index (χ1v) is 8.12. The molecular weight excluding hydrogens is 358 g/mol. The minimum Gasteiger partial charge on any atom is -0.508 e. The van der Waals surface area contributed by atoms with E-state index < -0.39 is 17.1 Å². The van der Waals surface area contributed by atoms with E-state index in [1.165, 1.54) is 29.2 Å². The van der Waals surface area contributed by atoms with E-state index in [0.29, 0.717) is 18.7 Å². The fourth-order valence-corrected chi connectivity index (χ4v) is 3.04. The molecule has 140 valence electrons. The first-order chi connectivity index (χ1) is 13.0. The molecule has 2 aliphatic rings. The number of fused-ring (bicyclic) bond motifs is 2. The number of carbonyl (C=O) groups is 1. The van der Waals surface area contributed by atoms with Crippen molar-refractivity contribution in [1.29, 1.82) is 0 Å². The maximum Gasteiger partial charge on any atom is 0.307 e. The number of amides is 1. The number of hydrogen-bond donors (Lipinski definition) is 2. The quantitative estimate of drug-likeness (QED) is 0.601. The minimum atomic E-state index is -0.679. The smallest absolute Gasteiger partial charge is 0.307 e. The zero-order valence-corrected chi connectivity index (χ0v) is 13.9. The minimum absolute atomic E-state index is 0.0291. The van der Waals surface area contributed by atoms with Crippen LogP contribution in [0.5, 0.6) is 5.75 Å². The molecule has 11 nitrogen and oxygen atoms in total. The van der Waals surface area contributed by atoms with Crippen molar-refractivity contribution >= 4 is 17.3 Å². The SMILES string of the molecule is O=C(N/N=C1\C[C@@H](n2cc([N+](=O)[O-])cn2)[C@@H]2CO[C@@H]1O2)c1cccc(O)c1. The van der Waals surface area contributed by atoms with E-state index >= 15 is 0 Å². The lowest BCUT2D eigenvalue weighted by Crippen LogP contribution is -2.38. The lowest BCUT2D eigenvalue weighted by Gasteiger charge is -2.28. The van der Waals surface area contributed by atoms with Gasteiger partial charge in [0.15, 0.2) is 6.29 Å². The van der Waals surface area contributed by atoms with Crippen molar-refractivity contribution in [2.45, 2.75) is 24.9 Å². The fraction of sp³-hybridized carbons (Fsp3) is 0.312. The molecule has 1 amide bonds. The summed E-state index contributed by atoms with van der Waals surface area (Å²) < 4.78 is 12.7. The number of nitrogens with zero attached hydrogens (tertiary/aromatic N) is 4. The van der Waals surface area contributed by atoms with E-state index in [0.717, 1.165) is 0 Å². The molecule has 2 N–H and O–H groups in total. The summed E-state index contributed by atoms with van der Waals surface area (Å²) in [7, 11) is 0. The van der Waals surface area contributed by atoms with Crippen LogP contribution < -0.4 is 5.43 Å². The van der Waals surface area contributed by atoms with Gasteiger partial charge in [-0.2, -0.15) is 10.2 Å². The summed E-state index contributed by atoms with van der Waals surface area (Å²) in [6, 6.07) is 5.53. The van der Waals surface area contributed by atoms with Gasteiger partial charge in [-0.3, -0.25) is 19.6 Å². The lowest BCUT2D eigenvalue weighted by atomic mass is 10.0. The van der Waals surface area contributed by atoms with Gasteiger partial charge in [-0.1, -0.05) is 6.07 Å². The Morgan fingerprint density at radius 2 is 2.33 bits per heavy atom. The highest BCUT2D eigenvalue weighted by Crippen LogP contribution is 2.33. The van der Waals surface area contributed by atoms with Gasteiger partial charge in [0, 0.05) is 12.0 Å². The monoisotopic (exact) mass is 373 g/mol. The maximum absolute atomic E-state index is 12.2. The fourth-order valence-electron chi connectivity index (χ4n) is 3.04. The summed E-state index contributed by atoms with van der Waals surface area (Å²) in [5.41, 5.74) is 2.99. The van der Waals surface area contributed by atoms with Gasteiger partial charge in [0.2, 0.25) is 0 Å². The third-order valence-electron chi connectivity index (χ3n) is 4.38. The van der Waals surface area contributed by atoms with Gasteiger partial charge in [-0.25, -0.2) is 5.43 Å². The van der Waals surface area contributed by atoms with Gasteiger partial charge in [0.25, 0.3) is 5.91 Å². The predicted molar refractivity (Wildman–Crippen MR) is 90.2 cm³/mol. The van der Waals surface area contributed by atoms with Crippen molar-refractivity contribution in [2.24, 2.45) is 5.10 Å². The second-order valence-electron chi connectivity index (χ2n) is 6.14. The summed E-state index contributed by atoms with van der Waals surface area (Å²) in [5.74, 6) is -0.525. The number of carbonyl (C=O) groups excluding carboxylic acids is 1. The molecule has 27 heavy (non-hydrogen) atoms. The number of ether oxygens (including phenoxy) is 2. The lowest BCUT2D eigenvalue weighted by molar-refractivity contribution is -0.385. The molecule has 0 spiro atoms. The molecule has 3 heterocycles. The molecule has 0 aliphatic carbocycles. The van der Waals surface area contributed by atoms with Crippen molar-refractivity contribution in [3.05, 3.63) is 52.3 Å². The van der Waals surface area contributed by atoms with Crippen molar-refractivity contribution in [2.75, 3.05) is 6.61 Å². The molecule has 0 radical (unpaired) electrons. The van der Waals surface area contributed by atoms with Crippen LogP contribution in [-0.2, 0) is 9.47 Å². The van der Waals surface area contributed by atoms with Crippen LogP contribution >= 0.6 is 0 Å². The summed E-state index contributed by atoms with van der Waals surface area (Å²) in [6.45, 7) is 0.294. The average molecular weight is 373 g/mol. The van der Waals surface area contributed by atoms with Crippen molar-refractivity contribution < 1.29 is 24.3 Å². The Balaban J connectivity index is 1.51. The van der Waals surface area contributed by atoms with Gasteiger partial charge < -0.3 is 14.6 Å². The molecule has 11 heteroatoms. The second-order valence-corrected chi connectivity index (χ2v) is 6.14. The molecule has 4 rings (SSSR count). The van der Waals surface area contributed by atoms with Crippen LogP contribution in [0.3, 0.4) is 0 Å². The molecule has 3 atom stereocenters. The van der Waals surface area contributed by atoms with Crippen LogP contribution in [0.2, 0.25) is 0 Å². The zero-order valence-electron chi connectivity index (χ0n) is 13.9. The van der Waals surface area contributed by atoms with E-state index in [1.807, 2.05) is 0 Å². The third-order valence-corrected chi connectivity index (χ3v) is 4.38. The predicted octanol–water partition coefficient (Wildman–Crippen LogP) is 0.969. The van der Waals surface area contributed by atoms with E-state index in [1.54, 1.807) is 12.1 Å². The number of nitro groups is 1. The first-order valence-electron chi connectivity index (χ1n) is 8.12. The first kappa shape index (κ1) is 17.1. The zero-order chi connectivity index (χ0) is 19.0. The Morgan fingerprint density at radius 3 is 3.07 bits per heavy atom. The Morgan fingerprint density at radius 1 is 1.48 bits per heavy atom. The molecule has 2 aromatic rings. The van der Waals surface area contributed by atoms with E-state index in [4.69, 9.17) is 9.47 Å². The highest BCUT2D eigenvalue weighted by atomic mass is 16.7. The number of rotatable bonds is 4. The number of phenols is 1. The number of nitrogens with one attached hydrogen (secondary N) is 1. The third kappa shape index (κ3) is 3.37. The Bertz CT molecular complexity index is 926. The van der Waals surface area contributed by atoms with Crippen LogP contribution in [0.25, 0.3) is 0 Å². The van der Waals surface area contributed by atoms with Crippen LogP contribution in [0, 0.1) is 10.1 Å². The van der Waals surface area contributed by atoms with Crippen molar-refractivity contribution in [1.82, 2.24) is 15.2 Å². The Labute approximate surface area is 152 Å². The van der Waals surface area contributed by atoms with Crippen LogP contribution in [-0.4, -0.2) is 50.4 Å². The van der Waals surface area contributed by atoms with Gasteiger partial charge in [0.1, 0.15) is 24.2 Å². The maximum atomic E-state index is 12.2. The highest BCUT2D eigenvalue weighted by molar-refractivity contribution is 5.96. The van der Waals surface area contributed by atoms with E-state index in [9.17, 15) is 20.0 Å².